The molecule has 1 saturated heterocycles. The molecule has 0 aliphatic carbocycles. The summed E-state index contributed by atoms with van der Waals surface area (Å²) in [7, 11) is -4.32. The Hall–Kier alpha value is -2.42. The van der Waals surface area contributed by atoms with Crippen LogP contribution in [-0.2, 0) is 10.0 Å². The van der Waals surface area contributed by atoms with Crippen molar-refractivity contribution < 1.29 is 13.5 Å². The summed E-state index contributed by atoms with van der Waals surface area (Å²) in [5, 5.41) is 26.5. The summed E-state index contributed by atoms with van der Waals surface area (Å²) in [5.41, 5.74) is 5.71. The number of halogens is 3. The van der Waals surface area contributed by atoms with E-state index in [1.54, 1.807) is 12.1 Å². The first kappa shape index (κ1) is 27.2. The molecule has 0 amide bonds. The van der Waals surface area contributed by atoms with E-state index in [9.17, 15) is 18.8 Å². The standard InChI is InChI=1S/C22H25Cl3N6O3S/c1-3-22(4-2)9-6-10-31(22)18-19(32)15(11-14(24)20(18)35(28,33)34)29-21(27)30(12-26)16-8-5-7-13(23)17(16)25/h5,7-8,11,32H,3-4,6,9-10H2,1-2H3,(H2,27,29)(H2,28,33,34). The number of phenolic OH excluding ortho intramolecular Hbond substituents is 1. The van der Waals surface area contributed by atoms with Crippen molar-refractivity contribution in [3.63, 3.8) is 0 Å². The normalized spacial score (nSPS) is 15.8. The van der Waals surface area contributed by atoms with Crippen molar-refractivity contribution in [3.05, 3.63) is 39.3 Å². The molecule has 2 aromatic carbocycles. The van der Waals surface area contributed by atoms with E-state index < -0.39 is 26.2 Å². The number of nitrogens with zero attached hydrogens (tertiary/aromatic N) is 4. The van der Waals surface area contributed by atoms with Crippen LogP contribution in [-0.4, -0.2) is 31.6 Å². The maximum absolute atomic E-state index is 12.5. The Bertz CT molecular complexity index is 1320. The highest BCUT2D eigenvalue weighted by molar-refractivity contribution is 7.89. The van der Waals surface area contributed by atoms with Crippen molar-refractivity contribution in [2.45, 2.75) is 50.0 Å². The second kappa shape index (κ2) is 10.3. The molecule has 1 fully saturated rings. The maximum atomic E-state index is 12.5. The van der Waals surface area contributed by atoms with Gasteiger partial charge in [0.1, 0.15) is 16.3 Å². The molecule has 0 atom stereocenters. The van der Waals surface area contributed by atoms with Crippen molar-refractivity contribution in [3.8, 4) is 11.9 Å². The van der Waals surface area contributed by atoms with Gasteiger partial charge in [-0.15, -0.1) is 0 Å². The number of hydrogen-bond donors (Lipinski definition) is 3. The maximum Gasteiger partial charge on any atom is 0.241 e. The highest BCUT2D eigenvalue weighted by atomic mass is 35.5. The summed E-state index contributed by atoms with van der Waals surface area (Å²) in [4.78, 5) is 6.56. The van der Waals surface area contributed by atoms with E-state index in [2.05, 4.69) is 4.99 Å². The molecule has 1 heterocycles. The van der Waals surface area contributed by atoms with Gasteiger partial charge < -0.3 is 15.7 Å². The fourth-order valence-corrected chi connectivity index (χ4v) is 6.24. The molecule has 5 N–H and O–H groups in total. The first-order valence-corrected chi connectivity index (χ1v) is 13.4. The number of hydrogen-bond acceptors (Lipinski definition) is 6. The Balaban J connectivity index is 2.25. The van der Waals surface area contributed by atoms with Crippen LogP contribution in [0, 0.1) is 11.5 Å². The van der Waals surface area contributed by atoms with Gasteiger partial charge in [-0.25, -0.2) is 23.4 Å². The van der Waals surface area contributed by atoms with Crippen LogP contribution in [0.15, 0.2) is 34.2 Å². The number of rotatable bonds is 6. The second-order valence-electron chi connectivity index (χ2n) is 8.11. The average Bonchev–Trinajstić information content (AvgIpc) is 3.22. The van der Waals surface area contributed by atoms with Crippen LogP contribution in [0.2, 0.25) is 15.1 Å². The summed E-state index contributed by atoms with van der Waals surface area (Å²) in [5.74, 6) is -0.819. The van der Waals surface area contributed by atoms with Gasteiger partial charge in [-0.3, -0.25) is 0 Å². The molecule has 1 aliphatic heterocycles. The SMILES string of the molecule is CCC1(CC)CCCN1c1c(O)c(N=C(N)N(C#N)c2cccc(Cl)c2Cl)cc(Cl)c1S(N)(=O)=O. The highest BCUT2D eigenvalue weighted by Crippen LogP contribution is 2.51. The topological polar surface area (TPSA) is 149 Å². The molecule has 0 radical (unpaired) electrons. The second-order valence-corrected chi connectivity index (χ2v) is 10.8. The van der Waals surface area contributed by atoms with E-state index in [0.29, 0.717) is 19.4 Å². The van der Waals surface area contributed by atoms with Gasteiger partial charge in [0.15, 0.2) is 11.9 Å². The predicted molar refractivity (Wildman–Crippen MR) is 140 cm³/mol. The Morgan fingerprint density at radius 3 is 2.51 bits per heavy atom. The molecule has 188 valence electrons. The summed E-state index contributed by atoms with van der Waals surface area (Å²) in [6, 6.07) is 5.78. The van der Waals surface area contributed by atoms with Crippen molar-refractivity contribution in [2.75, 3.05) is 16.3 Å². The first-order valence-electron chi connectivity index (χ1n) is 10.8. The van der Waals surface area contributed by atoms with Crippen molar-refractivity contribution >= 4 is 67.8 Å². The molecule has 0 saturated carbocycles. The lowest BCUT2D eigenvalue weighted by Gasteiger charge is -2.40. The third-order valence-corrected chi connectivity index (χ3v) is 8.57. The minimum absolute atomic E-state index is 0.0305. The van der Waals surface area contributed by atoms with Gasteiger partial charge in [0.05, 0.1) is 20.8 Å². The summed E-state index contributed by atoms with van der Waals surface area (Å²) < 4.78 is 25.1. The first-order chi connectivity index (χ1) is 16.4. The van der Waals surface area contributed by atoms with Crippen LogP contribution < -0.4 is 20.7 Å². The summed E-state index contributed by atoms with van der Waals surface area (Å²) >= 11 is 18.7. The van der Waals surface area contributed by atoms with Crippen molar-refractivity contribution in [1.29, 1.82) is 5.26 Å². The Labute approximate surface area is 219 Å². The number of aromatic hydroxyl groups is 1. The van der Waals surface area contributed by atoms with Gasteiger partial charge in [0.25, 0.3) is 0 Å². The van der Waals surface area contributed by atoms with E-state index in [4.69, 9.17) is 45.7 Å². The minimum Gasteiger partial charge on any atom is -0.504 e. The average molecular weight is 560 g/mol. The molecule has 2 aromatic rings. The lowest BCUT2D eigenvalue weighted by atomic mass is 9.89. The van der Waals surface area contributed by atoms with Gasteiger partial charge in [-0.05, 0) is 43.9 Å². The number of aliphatic imine (C=N–C) groups is 1. The van der Waals surface area contributed by atoms with E-state index >= 15 is 0 Å². The van der Waals surface area contributed by atoms with Crippen LogP contribution in [0.25, 0.3) is 0 Å². The van der Waals surface area contributed by atoms with E-state index in [1.807, 2.05) is 24.9 Å². The largest absolute Gasteiger partial charge is 0.504 e. The molecule has 0 aromatic heterocycles. The number of sulfonamides is 1. The number of guanidine groups is 1. The Kier molecular flexibility index (Phi) is 7.99. The third-order valence-electron chi connectivity index (χ3n) is 6.37. The molecule has 0 unspecified atom stereocenters. The molecule has 9 nitrogen and oxygen atoms in total. The smallest absolute Gasteiger partial charge is 0.241 e. The van der Waals surface area contributed by atoms with Gasteiger partial charge in [0, 0.05) is 12.1 Å². The molecule has 13 heteroatoms. The molecule has 0 spiro atoms. The minimum atomic E-state index is -4.32. The van der Waals surface area contributed by atoms with Gasteiger partial charge >= 0.3 is 0 Å². The molecular formula is C22H25Cl3N6O3S. The van der Waals surface area contributed by atoms with Crippen LogP contribution in [0.3, 0.4) is 0 Å². The Morgan fingerprint density at radius 1 is 1.29 bits per heavy atom. The highest BCUT2D eigenvalue weighted by Gasteiger charge is 2.42. The molecule has 0 bridgehead atoms. The van der Waals surface area contributed by atoms with Crippen molar-refractivity contribution in [1.82, 2.24) is 0 Å². The van der Waals surface area contributed by atoms with Gasteiger partial charge in [-0.2, -0.15) is 5.26 Å². The quantitative estimate of drug-likeness (QED) is 0.193. The summed E-state index contributed by atoms with van der Waals surface area (Å²) in [6.45, 7) is 4.48. The number of anilines is 2. The number of nitriles is 1. The Morgan fingerprint density at radius 2 is 1.94 bits per heavy atom. The zero-order valence-corrected chi connectivity index (χ0v) is 22.2. The zero-order chi connectivity index (χ0) is 26.1. The van der Waals surface area contributed by atoms with Crippen molar-refractivity contribution in [2.24, 2.45) is 15.9 Å². The predicted octanol–water partition coefficient (Wildman–Crippen LogP) is 5.09. The molecule has 3 rings (SSSR count). The van der Waals surface area contributed by atoms with E-state index in [0.717, 1.165) is 23.8 Å². The van der Waals surface area contributed by atoms with E-state index in [1.165, 1.54) is 6.07 Å². The lowest BCUT2D eigenvalue weighted by molar-refractivity contribution is 0.387. The third kappa shape index (κ3) is 4.97. The van der Waals surface area contributed by atoms with Crippen LogP contribution >= 0.6 is 34.8 Å². The fraction of sp³-hybridized carbons (Fsp3) is 0.364. The summed E-state index contributed by atoms with van der Waals surface area (Å²) in [6.07, 6.45) is 4.86. The number of primary sulfonamides is 1. The number of benzene rings is 2. The van der Waals surface area contributed by atoms with Gasteiger partial charge in [-0.1, -0.05) is 54.7 Å². The van der Waals surface area contributed by atoms with E-state index in [-0.39, 0.29) is 38.1 Å². The van der Waals surface area contributed by atoms with Crippen LogP contribution in [0.4, 0.5) is 17.1 Å². The molecule has 1 aliphatic rings. The lowest BCUT2D eigenvalue weighted by Crippen LogP contribution is -2.43. The monoisotopic (exact) mass is 558 g/mol. The fourth-order valence-electron chi connectivity index (χ4n) is 4.54. The zero-order valence-electron chi connectivity index (χ0n) is 19.1. The molecule has 35 heavy (non-hydrogen) atoms. The van der Waals surface area contributed by atoms with Crippen LogP contribution in [0.1, 0.15) is 39.5 Å². The number of phenols is 1. The number of nitrogens with two attached hydrogens (primary N) is 2. The molecular weight excluding hydrogens is 535 g/mol. The van der Waals surface area contributed by atoms with Crippen LogP contribution in [0.5, 0.6) is 5.75 Å². The van der Waals surface area contributed by atoms with Gasteiger partial charge in [0.2, 0.25) is 16.0 Å².